The van der Waals surface area contributed by atoms with Gasteiger partial charge in [0.05, 0.1) is 6.61 Å². The van der Waals surface area contributed by atoms with Gasteiger partial charge in [-0.25, -0.2) is 4.79 Å². The predicted octanol–water partition coefficient (Wildman–Crippen LogP) is -0.0684. The average Bonchev–Trinajstić information content (AvgIpc) is 2.50. The Morgan fingerprint density at radius 3 is 3.00 bits per heavy atom. The van der Waals surface area contributed by atoms with Crippen molar-refractivity contribution in [2.75, 3.05) is 19.0 Å². The summed E-state index contributed by atoms with van der Waals surface area (Å²) in [5, 5.41) is 15.5. The maximum atomic E-state index is 10.7. The van der Waals surface area contributed by atoms with Gasteiger partial charge >= 0.3 is 5.97 Å². The molecule has 0 radical (unpaired) electrons. The minimum atomic E-state index is -0.961. The lowest BCUT2D eigenvalue weighted by Crippen LogP contribution is -2.33. The van der Waals surface area contributed by atoms with E-state index >= 15 is 0 Å². The quantitative estimate of drug-likeness (QED) is 0.694. The van der Waals surface area contributed by atoms with Gasteiger partial charge in [0.2, 0.25) is 0 Å². The van der Waals surface area contributed by atoms with Gasteiger partial charge in [0.15, 0.2) is 0 Å². The zero-order chi connectivity index (χ0) is 10.6. The van der Waals surface area contributed by atoms with Crippen LogP contribution >= 0.6 is 0 Å². The molecule has 78 valence electrons. The number of anilines is 1. The van der Waals surface area contributed by atoms with Crippen molar-refractivity contribution in [1.29, 1.82) is 0 Å². The van der Waals surface area contributed by atoms with Crippen LogP contribution in [0.4, 0.5) is 5.82 Å². The molecule has 0 aliphatic carbocycles. The number of nitrogens with zero attached hydrogens (tertiary/aromatic N) is 2. The van der Waals surface area contributed by atoms with Crippen molar-refractivity contribution in [2.45, 2.75) is 6.04 Å². The number of aliphatic carboxylic acids is 1. The Balaban J connectivity index is 2.59. The second-order valence-electron chi connectivity index (χ2n) is 2.87. The molecule has 1 unspecified atom stereocenters. The van der Waals surface area contributed by atoms with Gasteiger partial charge in [-0.1, -0.05) is 0 Å². The summed E-state index contributed by atoms with van der Waals surface area (Å²) in [5.74, 6) is -0.436. The van der Waals surface area contributed by atoms with Gasteiger partial charge in [-0.3, -0.25) is 4.68 Å². The van der Waals surface area contributed by atoms with Crippen molar-refractivity contribution in [3.8, 4) is 0 Å². The first-order chi connectivity index (χ1) is 6.63. The van der Waals surface area contributed by atoms with Gasteiger partial charge < -0.3 is 15.2 Å². The number of aromatic nitrogens is 2. The van der Waals surface area contributed by atoms with Crippen LogP contribution in [-0.2, 0) is 16.6 Å². The lowest BCUT2D eigenvalue weighted by atomic mass is 10.3. The van der Waals surface area contributed by atoms with E-state index in [9.17, 15) is 4.79 Å². The Labute approximate surface area is 81.5 Å². The molecule has 0 fully saturated rings. The third-order valence-electron chi connectivity index (χ3n) is 1.67. The Kier molecular flexibility index (Phi) is 3.47. The maximum Gasteiger partial charge on any atom is 0.328 e. The molecule has 0 aliphatic rings. The highest BCUT2D eigenvalue weighted by Crippen LogP contribution is 2.03. The van der Waals surface area contributed by atoms with Crippen molar-refractivity contribution < 1.29 is 14.6 Å². The molecule has 0 aromatic carbocycles. The summed E-state index contributed by atoms with van der Waals surface area (Å²) in [5.41, 5.74) is 0. The Bertz CT molecular complexity index is 311. The summed E-state index contributed by atoms with van der Waals surface area (Å²) in [6, 6.07) is 0.931. The topological polar surface area (TPSA) is 76.4 Å². The molecule has 1 heterocycles. The van der Waals surface area contributed by atoms with E-state index in [0.717, 1.165) is 0 Å². The van der Waals surface area contributed by atoms with Crippen LogP contribution in [0.3, 0.4) is 0 Å². The predicted molar refractivity (Wildman–Crippen MR) is 50.1 cm³/mol. The highest BCUT2D eigenvalue weighted by Gasteiger charge is 2.17. The van der Waals surface area contributed by atoms with Crippen molar-refractivity contribution in [3.63, 3.8) is 0 Å². The number of carboxylic acid groups (broad SMARTS) is 1. The molecule has 2 N–H and O–H groups in total. The molecule has 6 heteroatoms. The summed E-state index contributed by atoms with van der Waals surface area (Å²) in [6.45, 7) is 0.103. The van der Waals surface area contributed by atoms with E-state index in [2.05, 4.69) is 10.4 Å². The first-order valence-corrected chi connectivity index (χ1v) is 4.11. The molecule has 0 spiro atoms. The SMILES string of the molecule is COCC(Nc1ccn(C)n1)C(=O)O. The smallest absolute Gasteiger partial charge is 0.328 e. The van der Waals surface area contributed by atoms with E-state index in [1.807, 2.05) is 0 Å². The molecular weight excluding hydrogens is 186 g/mol. The maximum absolute atomic E-state index is 10.7. The van der Waals surface area contributed by atoms with Crippen LogP contribution in [0.25, 0.3) is 0 Å². The first kappa shape index (κ1) is 10.5. The molecule has 0 aliphatic heterocycles. The van der Waals surface area contributed by atoms with Crippen LogP contribution in [0.15, 0.2) is 12.3 Å². The zero-order valence-electron chi connectivity index (χ0n) is 8.10. The van der Waals surface area contributed by atoms with Crippen molar-refractivity contribution in [3.05, 3.63) is 12.3 Å². The fourth-order valence-corrected chi connectivity index (χ4v) is 1.01. The van der Waals surface area contributed by atoms with Crippen molar-refractivity contribution in [2.24, 2.45) is 7.05 Å². The standard InChI is InChI=1S/C8H13N3O3/c1-11-4-3-7(10-11)9-6(5-14-2)8(12)13/h3-4,6H,5H2,1-2H3,(H,9,10)(H,12,13). The summed E-state index contributed by atoms with van der Waals surface area (Å²) in [4.78, 5) is 10.7. The van der Waals surface area contributed by atoms with E-state index < -0.39 is 12.0 Å². The van der Waals surface area contributed by atoms with E-state index in [4.69, 9.17) is 9.84 Å². The highest BCUT2D eigenvalue weighted by molar-refractivity contribution is 5.76. The van der Waals surface area contributed by atoms with Gasteiger partial charge in [0.25, 0.3) is 0 Å². The van der Waals surface area contributed by atoms with E-state index in [1.54, 1.807) is 24.0 Å². The second-order valence-corrected chi connectivity index (χ2v) is 2.87. The normalized spacial score (nSPS) is 12.4. The molecule has 0 amide bonds. The van der Waals surface area contributed by atoms with Crippen LogP contribution in [0.5, 0.6) is 0 Å². The summed E-state index contributed by atoms with van der Waals surface area (Å²) in [6.07, 6.45) is 1.73. The number of carbonyl (C=O) groups is 1. The van der Waals surface area contributed by atoms with Crippen molar-refractivity contribution in [1.82, 2.24) is 9.78 Å². The van der Waals surface area contributed by atoms with Gasteiger partial charge in [0, 0.05) is 26.4 Å². The number of hydrogen-bond donors (Lipinski definition) is 2. The van der Waals surface area contributed by atoms with E-state index in [0.29, 0.717) is 5.82 Å². The Morgan fingerprint density at radius 1 is 1.86 bits per heavy atom. The Morgan fingerprint density at radius 2 is 2.57 bits per heavy atom. The Hall–Kier alpha value is -1.56. The van der Waals surface area contributed by atoms with Crippen LogP contribution in [-0.4, -0.2) is 40.6 Å². The molecule has 1 atom stereocenters. The molecule has 0 saturated carbocycles. The highest BCUT2D eigenvalue weighted by atomic mass is 16.5. The summed E-state index contributed by atoms with van der Waals surface area (Å²) in [7, 11) is 3.22. The van der Waals surface area contributed by atoms with Gasteiger partial charge in [0.1, 0.15) is 11.9 Å². The second kappa shape index (κ2) is 4.61. The lowest BCUT2D eigenvalue weighted by molar-refractivity contribution is -0.139. The third kappa shape index (κ3) is 2.74. The third-order valence-corrected chi connectivity index (χ3v) is 1.67. The van der Waals surface area contributed by atoms with Crippen LogP contribution in [0.1, 0.15) is 0 Å². The molecule has 0 saturated heterocycles. The minimum Gasteiger partial charge on any atom is -0.480 e. The van der Waals surface area contributed by atoms with Gasteiger partial charge in [-0.15, -0.1) is 0 Å². The van der Waals surface area contributed by atoms with Crippen LogP contribution in [0, 0.1) is 0 Å². The fraction of sp³-hybridized carbons (Fsp3) is 0.500. The van der Waals surface area contributed by atoms with Crippen molar-refractivity contribution >= 4 is 11.8 Å². The molecule has 14 heavy (non-hydrogen) atoms. The molecular formula is C8H13N3O3. The first-order valence-electron chi connectivity index (χ1n) is 4.11. The average molecular weight is 199 g/mol. The van der Waals surface area contributed by atoms with Gasteiger partial charge in [-0.2, -0.15) is 5.10 Å². The van der Waals surface area contributed by atoms with Gasteiger partial charge in [-0.05, 0) is 0 Å². The monoisotopic (exact) mass is 199 g/mol. The number of methoxy groups -OCH3 is 1. The molecule has 1 aromatic rings. The zero-order valence-corrected chi connectivity index (χ0v) is 8.10. The summed E-state index contributed by atoms with van der Waals surface area (Å²) >= 11 is 0. The number of nitrogens with one attached hydrogen (secondary N) is 1. The van der Waals surface area contributed by atoms with Crippen LogP contribution < -0.4 is 5.32 Å². The molecule has 1 rings (SSSR count). The molecule has 6 nitrogen and oxygen atoms in total. The summed E-state index contributed by atoms with van der Waals surface area (Å²) < 4.78 is 6.36. The molecule has 0 bridgehead atoms. The fourth-order valence-electron chi connectivity index (χ4n) is 1.01. The minimum absolute atomic E-state index is 0.103. The number of rotatable bonds is 5. The number of ether oxygens (including phenoxy) is 1. The number of carboxylic acids is 1. The number of aryl methyl sites for hydroxylation is 1. The largest absolute Gasteiger partial charge is 0.480 e. The van der Waals surface area contributed by atoms with Crippen LogP contribution in [0.2, 0.25) is 0 Å². The lowest BCUT2D eigenvalue weighted by Gasteiger charge is -2.11. The van der Waals surface area contributed by atoms with E-state index in [1.165, 1.54) is 7.11 Å². The van der Waals surface area contributed by atoms with E-state index in [-0.39, 0.29) is 6.61 Å². The molecule has 1 aromatic heterocycles. The number of hydrogen-bond acceptors (Lipinski definition) is 4.